The average molecular weight is 391 g/mol. The standard InChI is InChI=1S/C16H15BrN4O3/c17-12-6-4-11(5-7-12)15(23)19-10-8-14(22)20-21-16(24)13-3-1-2-9-18-13/h1-7,9H,8,10H2,(H,19,23)(H,20,22)(H,21,24). The molecule has 3 amide bonds. The van der Waals surface area contributed by atoms with Crippen molar-refractivity contribution >= 4 is 33.7 Å². The molecule has 2 aromatic rings. The lowest BCUT2D eigenvalue weighted by Crippen LogP contribution is -2.43. The van der Waals surface area contributed by atoms with Crippen LogP contribution in [0.15, 0.2) is 53.1 Å². The highest BCUT2D eigenvalue weighted by molar-refractivity contribution is 9.10. The summed E-state index contributed by atoms with van der Waals surface area (Å²) in [6, 6.07) is 11.7. The molecular weight excluding hydrogens is 376 g/mol. The van der Waals surface area contributed by atoms with Gasteiger partial charge < -0.3 is 5.32 Å². The molecule has 0 unspecified atom stereocenters. The van der Waals surface area contributed by atoms with Crippen molar-refractivity contribution in [3.8, 4) is 0 Å². The summed E-state index contributed by atoms with van der Waals surface area (Å²) < 4.78 is 0.877. The van der Waals surface area contributed by atoms with E-state index in [1.807, 2.05) is 0 Å². The van der Waals surface area contributed by atoms with Gasteiger partial charge in [-0.05, 0) is 36.4 Å². The summed E-state index contributed by atoms with van der Waals surface area (Å²) in [7, 11) is 0. The van der Waals surface area contributed by atoms with Crippen LogP contribution in [0.3, 0.4) is 0 Å². The number of amides is 3. The number of hydrogen-bond acceptors (Lipinski definition) is 4. The zero-order valence-corrected chi connectivity index (χ0v) is 14.2. The topological polar surface area (TPSA) is 100 Å². The first-order valence-electron chi connectivity index (χ1n) is 7.10. The maximum Gasteiger partial charge on any atom is 0.288 e. The van der Waals surface area contributed by atoms with Gasteiger partial charge in [0.15, 0.2) is 0 Å². The van der Waals surface area contributed by atoms with E-state index in [1.165, 1.54) is 12.3 Å². The Labute approximate surface area is 147 Å². The summed E-state index contributed by atoms with van der Waals surface area (Å²) in [5.74, 6) is -1.20. The van der Waals surface area contributed by atoms with Crippen LogP contribution in [0.5, 0.6) is 0 Å². The predicted molar refractivity (Wildman–Crippen MR) is 90.9 cm³/mol. The van der Waals surface area contributed by atoms with Crippen LogP contribution in [-0.2, 0) is 4.79 Å². The number of rotatable bonds is 5. The van der Waals surface area contributed by atoms with E-state index in [0.29, 0.717) is 5.56 Å². The Morgan fingerprint density at radius 1 is 0.958 bits per heavy atom. The fourth-order valence-electron chi connectivity index (χ4n) is 1.74. The Balaban J connectivity index is 1.69. The average Bonchev–Trinajstić information content (AvgIpc) is 2.61. The lowest BCUT2D eigenvalue weighted by atomic mass is 10.2. The van der Waals surface area contributed by atoms with Crippen LogP contribution < -0.4 is 16.2 Å². The van der Waals surface area contributed by atoms with E-state index in [-0.39, 0.29) is 24.6 Å². The molecule has 0 fully saturated rings. The molecule has 2 rings (SSSR count). The van der Waals surface area contributed by atoms with Crippen LogP contribution in [0, 0.1) is 0 Å². The molecular formula is C16H15BrN4O3. The smallest absolute Gasteiger partial charge is 0.288 e. The monoisotopic (exact) mass is 390 g/mol. The Kier molecular flexibility index (Phi) is 6.44. The minimum absolute atomic E-state index is 0.0325. The van der Waals surface area contributed by atoms with Gasteiger partial charge in [0.1, 0.15) is 5.69 Å². The molecule has 7 nitrogen and oxygen atoms in total. The van der Waals surface area contributed by atoms with Gasteiger partial charge in [-0.25, -0.2) is 0 Å². The Morgan fingerprint density at radius 3 is 2.38 bits per heavy atom. The molecule has 0 aliphatic rings. The summed E-state index contributed by atoms with van der Waals surface area (Å²) in [5.41, 5.74) is 5.22. The van der Waals surface area contributed by atoms with Crippen LogP contribution in [0.25, 0.3) is 0 Å². The van der Waals surface area contributed by atoms with E-state index in [0.717, 1.165) is 4.47 Å². The zero-order valence-electron chi connectivity index (χ0n) is 12.6. The normalized spacial score (nSPS) is 9.88. The van der Waals surface area contributed by atoms with Crippen molar-refractivity contribution in [3.63, 3.8) is 0 Å². The fourth-order valence-corrected chi connectivity index (χ4v) is 2.01. The van der Waals surface area contributed by atoms with Crippen molar-refractivity contribution in [1.29, 1.82) is 0 Å². The molecule has 0 radical (unpaired) electrons. The summed E-state index contributed by atoms with van der Waals surface area (Å²) >= 11 is 3.29. The number of nitrogens with one attached hydrogen (secondary N) is 3. The second-order valence-electron chi connectivity index (χ2n) is 4.73. The van der Waals surface area contributed by atoms with Crippen LogP contribution in [0.2, 0.25) is 0 Å². The molecule has 1 heterocycles. The Morgan fingerprint density at radius 2 is 1.71 bits per heavy atom. The first-order chi connectivity index (χ1) is 11.6. The third-order valence-electron chi connectivity index (χ3n) is 2.96. The number of aromatic nitrogens is 1. The summed E-state index contributed by atoms with van der Waals surface area (Å²) in [6.45, 7) is 0.153. The summed E-state index contributed by atoms with van der Waals surface area (Å²) in [6.07, 6.45) is 1.51. The minimum Gasteiger partial charge on any atom is -0.352 e. The van der Waals surface area contributed by atoms with E-state index in [4.69, 9.17) is 0 Å². The first-order valence-corrected chi connectivity index (χ1v) is 7.89. The number of halogens is 1. The van der Waals surface area contributed by atoms with Gasteiger partial charge in [0.2, 0.25) is 5.91 Å². The fraction of sp³-hybridized carbons (Fsp3) is 0.125. The van der Waals surface area contributed by atoms with Crippen LogP contribution in [-0.4, -0.2) is 29.3 Å². The van der Waals surface area contributed by atoms with Crippen LogP contribution in [0.4, 0.5) is 0 Å². The molecule has 0 bridgehead atoms. The molecule has 8 heteroatoms. The molecule has 3 N–H and O–H groups in total. The van der Waals surface area contributed by atoms with Crippen molar-refractivity contribution in [2.45, 2.75) is 6.42 Å². The van der Waals surface area contributed by atoms with Crippen molar-refractivity contribution in [3.05, 3.63) is 64.4 Å². The predicted octanol–water partition coefficient (Wildman–Crippen LogP) is 1.43. The molecule has 124 valence electrons. The van der Waals surface area contributed by atoms with E-state index in [1.54, 1.807) is 36.4 Å². The second-order valence-corrected chi connectivity index (χ2v) is 5.65. The van der Waals surface area contributed by atoms with Crippen molar-refractivity contribution in [2.24, 2.45) is 0 Å². The van der Waals surface area contributed by atoms with Gasteiger partial charge in [-0.2, -0.15) is 0 Å². The van der Waals surface area contributed by atoms with Crippen molar-refractivity contribution in [2.75, 3.05) is 6.54 Å². The molecule has 24 heavy (non-hydrogen) atoms. The molecule has 1 aromatic carbocycles. The Bertz CT molecular complexity index is 720. The van der Waals surface area contributed by atoms with Crippen molar-refractivity contribution < 1.29 is 14.4 Å². The number of carbonyl (C=O) groups is 3. The van der Waals surface area contributed by atoms with E-state index >= 15 is 0 Å². The maximum atomic E-state index is 11.9. The van der Waals surface area contributed by atoms with Crippen LogP contribution >= 0.6 is 15.9 Å². The van der Waals surface area contributed by atoms with Gasteiger partial charge in [0.25, 0.3) is 11.8 Å². The quantitative estimate of drug-likeness (QED) is 0.672. The highest BCUT2D eigenvalue weighted by Gasteiger charge is 2.09. The zero-order chi connectivity index (χ0) is 17.4. The molecule has 0 saturated heterocycles. The highest BCUT2D eigenvalue weighted by atomic mass is 79.9. The summed E-state index contributed by atoms with van der Waals surface area (Å²) in [5, 5.41) is 2.63. The lowest BCUT2D eigenvalue weighted by molar-refractivity contribution is -0.121. The number of hydrazine groups is 1. The SMILES string of the molecule is O=C(CCNC(=O)c1ccc(Br)cc1)NNC(=O)c1ccccn1. The molecule has 0 aliphatic heterocycles. The van der Waals surface area contributed by atoms with Gasteiger partial charge in [-0.1, -0.05) is 22.0 Å². The van der Waals surface area contributed by atoms with Gasteiger partial charge in [0.05, 0.1) is 0 Å². The molecule has 0 aliphatic carbocycles. The van der Waals surface area contributed by atoms with E-state index in [9.17, 15) is 14.4 Å². The van der Waals surface area contributed by atoms with Gasteiger partial charge in [-0.3, -0.25) is 30.2 Å². The number of hydrogen-bond donors (Lipinski definition) is 3. The molecule has 0 atom stereocenters. The second kappa shape index (κ2) is 8.78. The molecule has 0 saturated carbocycles. The third kappa shape index (κ3) is 5.47. The van der Waals surface area contributed by atoms with E-state index in [2.05, 4.69) is 37.1 Å². The number of nitrogens with zero attached hydrogens (tertiary/aromatic N) is 1. The van der Waals surface area contributed by atoms with Crippen LogP contribution in [0.1, 0.15) is 27.3 Å². The number of benzene rings is 1. The maximum absolute atomic E-state index is 11.9. The summed E-state index contributed by atoms with van der Waals surface area (Å²) in [4.78, 5) is 39.0. The highest BCUT2D eigenvalue weighted by Crippen LogP contribution is 2.10. The van der Waals surface area contributed by atoms with Gasteiger partial charge in [0, 0.05) is 29.2 Å². The first kappa shape index (κ1) is 17.6. The van der Waals surface area contributed by atoms with Gasteiger partial charge in [-0.15, -0.1) is 0 Å². The number of carbonyl (C=O) groups excluding carboxylic acids is 3. The minimum atomic E-state index is -0.511. The third-order valence-corrected chi connectivity index (χ3v) is 3.49. The van der Waals surface area contributed by atoms with Crippen molar-refractivity contribution in [1.82, 2.24) is 21.2 Å². The Hall–Kier alpha value is -2.74. The molecule has 1 aromatic heterocycles. The van der Waals surface area contributed by atoms with Gasteiger partial charge >= 0.3 is 0 Å². The lowest BCUT2D eigenvalue weighted by Gasteiger charge is -2.08. The van der Waals surface area contributed by atoms with E-state index < -0.39 is 11.8 Å². The largest absolute Gasteiger partial charge is 0.352 e. The number of pyridine rings is 1. The molecule has 0 spiro atoms.